The number of aliphatic hydroxyl groups is 1. The van der Waals surface area contributed by atoms with Gasteiger partial charge in [-0.25, -0.2) is 21.6 Å². The number of fused-ring (bicyclic) bond motifs is 2. The van der Waals surface area contributed by atoms with Gasteiger partial charge < -0.3 is 43.6 Å². The molecule has 3 aromatic rings. The summed E-state index contributed by atoms with van der Waals surface area (Å²) in [5.41, 5.74) is 0.0725. The maximum Gasteiger partial charge on any atom is 0.243 e. The molecule has 15 nitrogen and oxygen atoms in total. The first-order valence-electron chi connectivity index (χ1n) is 18.7. The number of methoxy groups -OCH3 is 1. The monoisotopic (exact) mass is 816 g/mol. The Morgan fingerprint density at radius 2 is 1.70 bits per heavy atom. The number of unbranched alkanes of at least 4 members (excludes halogenated alkanes) is 1. The summed E-state index contributed by atoms with van der Waals surface area (Å²) in [4.78, 5) is 14.2. The fourth-order valence-corrected chi connectivity index (χ4v) is 10.4. The van der Waals surface area contributed by atoms with Crippen LogP contribution in [0.2, 0.25) is 0 Å². The number of nitrogens with one attached hydrogen (secondary N) is 1. The van der Waals surface area contributed by atoms with Crippen molar-refractivity contribution in [2.24, 2.45) is 11.3 Å². The average Bonchev–Trinajstić information content (AvgIpc) is 3.93. The van der Waals surface area contributed by atoms with E-state index in [2.05, 4.69) is 4.72 Å². The molecule has 0 aromatic heterocycles. The Kier molecular flexibility index (Phi) is 13.1. The van der Waals surface area contributed by atoms with Crippen LogP contribution in [0.15, 0.2) is 82.6 Å². The molecule has 0 radical (unpaired) electrons. The molecular formula is C39H50N3O12S2-. The maximum atomic E-state index is 14.6. The molecule has 6 rings (SSSR count). The fourth-order valence-electron chi connectivity index (χ4n) is 7.62. The van der Waals surface area contributed by atoms with Crippen LogP contribution in [-0.4, -0.2) is 108 Å². The van der Waals surface area contributed by atoms with Gasteiger partial charge in [-0.1, -0.05) is 50.6 Å². The first kappa shape index (κ1) is 41.7. The molecule has 3 aliphatic heterocycles. The van der Waals surface area contributed by atoms with E-state index in [0.717, 1.165) is 10.5 Å². The number of carboxylic acid groups (broad SMARTS) is 1. The number of nitrogens with zero attached hydrogens (tertiary/aromatic N) is 2. The summed E-state index contributed by atoms with van der Waals surface area (Å²) in [6.07, 6.45) is -1.39. The predicted molar refractivity (Wildman–Crippen MR) is 202 cm³/mol. The topological polar surface area (TPSA) is 193 Å². The van der Waals surface area contributed by atoms with Crippen molar-refractivity contribution in [3.05, 3.63) is 78.4 Å². The third kappa shape index (κ3) is 9.76. The van der Waals surface area contributed by atoms with E-state index in [1.165, 1.54) is 41.7 Å². The van der Waals surface area contributed by atoms with Crippen LogP contribution in [0.5, 0.6) is 17.2 Å². The van der Waals surface area contributed by atoms with E-state index < -0.39 is 62.6 Å². The van der Waals surface area contributed by atoms with E-state index in [-0.39, 0.29) is 54.4 Å². The van der Waals surface area contributed by atoms with Gasteiger partial charge in [0.25, 0.3) is 0 Å². The van der Waals surface area contributed by atoms with Crippen molar-refractivity contribution < 1.29 is 55.5 Å². The van der Waals surface area contributed by atoms with Gasteiger partial charge in [0, 0.05) is 31.6 Å². The molecule has 1 amide bonds. The molecule has 5 atom stereocenters. The van der Waals surface area contributed by atoms with E-state index in [1.807, 2.05) is 44.2 Å². The van der Waals surface area contributed by atoms with E-state index >= 15 is 0 Å². The second kappa shape index (κ2) is 17.7. The number of ether oxygens (including phenoxy) is 5. The van der Waals surface area contributed by atoms with Crippen LogP contribution in [0.25, 0.3) is 0 Å². The molecule has 0 aliphatic carbocycles. The summed E-state index contributed by atoms with van der Waals surface area (Å²) in [6, 6.07) is 17.7. The summed E-state index contributed by atoms with van der Waals surface area (Å²) in [6.45, 7) is 3.87. The summed E-state index contributed by atoms with van der Waals surface area (Å²) in [5.74, 6) is 0.935. The van der Waals surface area contributed by atoms with Gasteiger partial charge in [0.2, 0.25) is 26.8 Å². The van der Waals surface area contributed by atoms with Crippen molar-refractivity contribution >= 4 is 26.1 Å². The number of benzene rings is 3. The van der Waals surface area contributed by atoms with Gasteiger partial charge in [0.15, 0.2) is 17.8 Å². The predicted octanol–water partition coefficient (Wildman–Crippen LogP) is 2.97. The summed E-state index contributed by atoms with van der Waals surface area (Å²) in [7, 11) is -6.57. The quantitative estimate of drug-likeness (QED) is 0.168. The summed E-state index contributed by atoms with van der Waals surface area (Å²) in [5, 5.41) is 25.1. The molecule has 0 unspecified atom stereocenters. The van der Waals surface area contributed by atoms with Crippen LogP contribution in [0.1, 0.15) is 45.1 Å². The molecule has 3 aromatic carbocycles. The SMILES string of the molecule is COc1ccc(S(=O)(=O)NCCCCC(C)(C)CN(C[C@@H](O)[C@H](Cc2ccccc2)N(C(=O)[O-])[C@H]2CO[C@H]3OCC[C@H]32)S(=O)(=O)c2ccc3c(c2)OCO3)cc1. The Bertz CT molecular complexity index is 2020. The van der Waals surface area contributed by atoms with Crippen LogP contribution in [0, 0.1) is 11.3 Å². The number of sulfonamides is 2. The molecule has 2 N–H and O–H groups in total. The van der Waals surface area contributed by atoms with Gasteiger partial charge in [-0.05, 0) is 73.1 Å². The highest BCUT2D eigenvalue weighted by atomic mass is 32.2. The van der Waals surface area contributed by atoms with Gasteiger partial charge in [-0.2, -0.15) is 4.31 Å². The lowest BCUT2D eigenvalue weighted by molar-refractivity contribution is -0.273. The number of hydrogen-bond donors (Lipinski definition) is 2. The smallest absolute Gasteiger partial charge is 0.243 e. The Hall–Kier alpha value is -3.97. The Labute approximate surface area is 328 Å². The lowest BCUT2D eigenvalue weighted by Crippen LogP contribution is -2.61. The van der Waals surface area contributed by atoms with Crippen molar-refractivity contribution in [1.29, 1.82) is 0 Å². The molecule has 0 bridgehead atoms. The molecule has 3 aliphatic rings. The lowest BCUT2D eigenvalue weighted by atomic mass is 9.87. The number of amides is 1. The van der Waals surface area contributed by atoms with Gasteiger partial charge in [-0.3, -0.25) is 0 Å². The highest BCUT2D eigenvalue weighted by molar-refractivity contribution is 7.89. The van der Waals surface area contributed by atoms with Gasteiger partial charge in [0.05, 0.1) is 48.3 Å². The lowest BCUT2D eigenvalue weighted by Gasteiger charge is -2.43. The van der Waals surface area contributed by atoms with Crippen molar-refractivity contribution in [2.75, 3.05) is 46.8 Å². The van der Waals surface area contributed by atoms with E-state index in [0.29, 0.717) is 43.8 Å². The van der Waals surface area contributed by atoms with E-state index in [1.54, 1.807) is 12.1 Å². The van der Waals surface area contributed by atoms with Gasteiger partial charge in [0.1, 0.15) is 11.8 Å². The van der Waals surface area contributed by atoms with Crippen LogP contribution < -0.4 is 24.0 Å². The third-order valence-electron chi connectivity index (χ3n) is 10.6. The number of rotatable bonds is 19. The van der Waals surface area contributed by atoms with E-state index in [4.69, 9.17) is 23.7 Å². The minimum atomic E-state index is -4.32. The van der Waals surface area contributed by atoms with Crippen molar-refractivity contribution in [1.82, 2.24) is 13.9 Å². The normalized spacial score (nSPS) is 20.5. The minimum Gasteiger partial charge on any atom is -0.530 e. The number of aliphatic hydroxyl groups excluding tert-OH is 1. The maximum absolute atomic E-state index is 14.6. The average molecular weight is 817 g/mol. The van der Waals surface area contributed by atoms with Crippen LogP contribution in [0.4, 0.5) is 4.79 Å². The Balaban J connectivity index is 1.22. The fraction of sp³-hybridized carbons (Fsp3) is 0.513. The molecule has 3 heterocycles. The van der Waals surface area contributed by atoms with Gasteiger partial charge >= 0.3 is 0 Å². The second-order valence-electron chi connectivity index (χ2n) is 15.1. The molecule has 2 fully saturated rings. The van der Waals surface area contributed by atoms with Gasteiger partial charge in [-0.15, -0.1) is 0 Å². The molecular weight excluding hydrogens is 767 g/mol. The van der Waals surface area contributed by atoms with Crippen molar-refractivity contribution in [3.8, 4) is 17.2 Å². The van der Waals surface area contributed by atoms with E-state index in [9.17, 15) is 31.8 Å². The second-order valence-corrected chi connectivity index (χ2v) is 18.8. The number of hydrogen-bond acceptors (Lipinski definition) is 12. The standard InChI is InChI=1S/C39H51N3O12S2/c1-39(2,18-7-8-19-40-55(46,47)29-13-11-28(50-3)12-14-29)25-41(56(48,49)30-15-16-35-36(22-30)54-26-53-35)23-34(43)32(21-27-9-5-4-6-10-27)42(38(44)45)33-24-52-37-31(33)17-20-51-37/h4-6,9-16,22,31-34,37,40,43H,7-8,17-21,23-26H2,1-3H3,(H,44,45)/p-1/t31-,32-,33-,34+,37+/m0/s1. The molecule has 0 saturated carbocycles. The van der Waals surface area contributed by atoms with Crippen LogP contribution >= 0.6 is 0 Å². The molecule has 0 spiro atoms. The highest BCUT2D eigenvalue weighted by Gasteiger charge is 2.47. The van der Waals surface area contributed by atoms with Crippen LogP contribution in [0.3, 0.4) is 0 Å². The highest BCUT2D eigenvalue weighted by Crippen LogP contribution is 2.38. The molecule has 2 saturated heterocycles. The Morgan fingerprint density at radius 3 is 2.41 bits per heavy atom. The minimum absolute atomic E-state index is 0.0455. The molecule has 17 heteroatoms. The molecule has 56 heavy (non-hydrogen) atoms. The van der Waals surface area contributed by atoms with Crippen molar-refractivity contribution in [2.45, 2.75) is 80.2 Å². The third-order valence-corrected chi connectivity index (χ3v) is 13.9. The first-order valence-corrected chi connectivity index (χ1v) is 21.6. The summed E-state index contributed by atoms with van der Waals surface area (Å²) >= 11 is 0. The summed E-state index contributed by atoms with van der Waals surface area (Å²) < 4.78 is 86.0. The zero-order chi connectivity index (χ0) is 40.1. The number of carbonyl (C=O) groups excluding carboxylic acids is 1. The molecule has 306 valence electrons. The zero-order valence-corrected chi connectivity index (χ0v) is 33.4. The van der Waals surface area contributed by atoms with Crippen LogP contribution in [-0.2, 0) is 35.9 Å². The first-order chi connectivity index (χ1) is 26.7. The zero-order valence-electron chi connectivity index (χ0n) is 31.7. The largest absolute Gasteiger partial charge is 0.530 e. The van der Waals surface area contributed by atoms with Crippen molar-refractivity contribution in [3.63, 3.8) is 0 Å². The Morgan fingerprint density at radius 1 is 0.982 bits per heavy atom. The number of carbonyl (C=O) groups is 1.